The minimum absolute atomic E-state index is 0.0217. The summed E-state index contributed by atoms with van der Waals surface area (Å²) in [6.07, 6.45) is 0.185. The van der Waals surface area contributed by atoms with Crippen molar-refractivity contribution in [3.8, 4) is 5.75 Å². The van der Waals surface area contributed by atoms with Crippen LogP contribution in [0.2, 0.25) is 0 Å². The fourth-order valence-corrected chi connectivity index (χ4v) is 4.65. The summed E-state index contributed by atoms with van der Waals surface area (Å²) < 4.78 is 32.7. The number of Topliss-reactive ketones (excluding diaryl/α,β-unsaturated/α-hetero) is 1. The summed E-state index contributed by atoms with van der Waals surface area (Å²) in [7, 11) is -2.20. The Morgan fingerprint density at radius 1 is 1.08 bits per heavy atom. The van der Waals surface area contributed by atoms with Gasteiger partial charge < -0.3 is 4.74 Å². The van der Waals surface area contributed by atoms with Crippen LogP contribution >= 0.6 is 0 Å². The smallest absolute Gasteiger partial charge is 0.264 e. The van der Waals surface area contributed by atoms with Gasteiger partial charge in [0.2, 0.25) is 0 Å². The van der Waals surface area contributed by atoms with Crippen LogP contribution in [0.5, 0.6) is 5.75 Å². The first-order valence-corrected chi connectivity index (χ1v) is 9.10. The number of carbonyl (C=O) groups is 1. The lowest BCUT2D eigenvalue weighted by atomic mass is 10.0. The zero-order valence-electron chi connectivity index (χ0n) is 13.9. The average Bonchev–Trinajstić information content (AvgIpc) is 2.55. The quantitative estimate of drug-likeness (QED) is 0.857. The summed E-state index contributed by atoms with van der Waals surface area (Å²) in [6.45, 7) is 3.78. The number of carbonyl (C=O) groups excluding carboxylic acids is 1. The van der Waals surface area contributed by atoms with Crippen LogP contribution in [0.15, 0.2) is 41.3 Å². The zero-order valence-corrected chi connectivity index (χ0v) is 14.7. The topological polar surface area (TPSA) is 63.7 Å². The molecule has 6 heteroatoms. The van der Waals surface area contributed by atoms with E-state index in [-0.39, 0.29) is 23.6 Å². The number of benzene rings is 2. The van der Waals surface area contributed by atoms with Crippen molar-refractivity contribution in [2.75, 3.05) is 18.0 Å². The van der Waals surface area contributed by atoms with Gasteiger partial charge in [-0.05, 0) is 49.7 Å². The largest absolute Gasteiger partial charge is 0.497 e. The Morgan fingerprint density at radius 2 is 1.83 bits per heavy atom. The minimum atomic E-state index is -3.74. The Labute approximate surface area is 141 Å². The fourth-order valence-electron chi connectivity index (χ4n) is 2.96. The highest BCUT2D eigenvalue weighted by Gasteiger charge is 2.33. The van der Waals surface area contributed by atoms with Crippen LogP contribution in [-0.2, 0) is 10.0 Å². The van der Waals surface area contributed by atoms with Crippen molar-refractivity contribution in [2.45, 2.75) is 25.2 Å². The second kappa shape index (κ2) is 5.94. The first-order valence-electron chi connectivity index (χ1n) is 7.66. The predicted octanol–water partition coefficient (Wildman–Crippen LogP) is 3.09. The van der Waals surface area contributed by atoms with E-state index in [0.717, 1.165) is 5.56 Å². The summed E-state index contributed by atoms with van der Waals surface area (Å²) in [4.78, 5) is 12.4. The summed E-state index contributed by atoms with van der Waals surface area (Å²) in [5.41, 5.74) is 2.46. The molecule has 0 spiro atoms. The molecule has 0 amide bonds. The lowest BCUT2D eigenvalue weighted by molar-refractivity contribution is 0.0982. The number of ketones is 1. The molecule has 0 saturated carbocycles. The molecule has 0 aliphatic carbocycles. The van der Waals surface area contributed by atoms with Crippen molar-refractivity contribution < 1.29 is 17.9 Å². The van der Waals surface area contributed by atoms with Gasteiger partial charge in [0.15, 0.2) is 5.78 Å². The van der Waals surface area contributed by atoms with Crippen molar-refractivity contribution in [2.24, 2.45) is 0 Å². The molecule has 1 aliphatic heterocycles. The molecule has 2 aromatic carbocycles. The number of nitrogens with zero attached hydrogens (tertiary/aromatic N) is 1. The summed E-state index contributed by atoms with van der Waals surface area (Å²) >= 11 is 0. The Hall–Kier alpha value is -2.34. The molecule has 0 fully saturated rings. The van der Waals surface area contributed by atoms with E-state index < -0.39 is 10.0 Å². The molecular weight excluding hydrogens is 326 g/mol. The van der Waals surface area contributed by atoms with Crippen LogP contribution in [0.3, 0.4) is 0 Å². The molecule has 5 nitrogen and oxygen atoms in total. The van der Waals surface area contributed by atoms with E-state index >= 15 is 0 Å². The van der Waals surface area contributed by atoms with Crippen LogP contribution in [0.25, 0.3) is 0 Å². The molecule has 24 heavy (non-hydrogen) atoms. The first kappa shape index (κ1) is 16.5. The lowest BCUT2D eigenvalue weighted by Gasteiger charge is -2.30. The Bertz CT molecular complexity index is 919. The third kappa shape index (κ3) is 2.67. The van der Waals surface area contributed by atoms with Gasteiger partial charge in [0, 0.05) is 18.5 Å². The molecule has 1 aliphatic rings. The summed E-state index contributed by atoms with van der Waals surface area (Å²) in [5.74, 6) is 0.586. The number of anilines is 1. The van der Waals surface area contributed by atoms with Crippen molar-refractivity contribution in [3.05, 3.63) is 53.1 Å². The van der Waals surface area contributed by atoms with Crippen LogP contribution in [-0.4, -0.2) is 27.9 Å². The number of methoxy groups -OCH3 is 1. The maximum atomic E-state index is 13.1. The van der Waals surface area contributed by atoms with Gasteiger partial charge in [-0.15, -0.1) is 0 Å². The second-order valence-electron chi connectivity index (χ2n) is 5.90. The van der Waals surface area contributed by atoms with Crippen LogP contribution in [0.1, 0.15) is 27.9 Å². The molecular formula is C18H19NO4S. The van der Waals surface area contributed by atoms with Gasteiger partial charge in [-0.1, -0.05) is 11.6 Å². The molecule has 1 heterocycles. The van der Waals surface area contributed by atoms with Crippen LogP contribution in [0, 0.1) is 13.8 Å². The van der Waals surface area contributed by atoms with E-state index in [4.69, 9.17) is 4.74 Å². The SMILES string of the molecule is COc1ccc(S(=O)(=O)N2CCC(=O)c3cc(C)ccc32)c(C)c1. The second-order valence-corrected chi connectivity index (χ2v) is 7.73. The standard InChI is InChI=1S/C18H19NO4S/c1-12-4-6-16-15(10-12)17(20)8-9-19(16)24(21,22)18-7-5-14(23-3)11-13(18)2/h4-7,10-11H,8-9H2,1-3H3. The molecule has 0 saturated heterocycles. The normalized spacial score (nSPS) is 14.5. The van der Waals surface area contributed by atoms with E-state index in [1.165, 1.54) is 11.4 Å². The molecule has 0 atom stereocenters. The van der Waals surface area contributed by atoms with Gasteiger partial charge in [0.05, 0.1) is 17.7 Å². The van der Waals surface area contributed by atoms with E-state index in [1.54, 1.807) is 37.3 Å². The molecule has 0 aromatic heterocycles. The van der Waals surface area contributed by atoms with Gasteiger partial charge in [-0.2, -0.15) is 0 Å². The van der Waals surface area contributed by atoms with Crippen molar-refractivity contribution >= 4 is 21.5 Å². The van der Waals surface area contributed by atoms with Gasteiger partial charge in [-0.3, -0.25) is 9.10 Å². The van der Waals surface area contributed by atoms with Crippen molar-refractivity contribution in [1.29, 1.82) is 0 Å². The first-order chi connectivity index (χ1) is 11.3. The third-order valence-corrected chi connectivity index (χ3v) is 6.19. The van der Waals surface area contributed by atoms with Gasteiger partial charge in [0.1, 0.15) is 5.75 Å². The molecule has 126 valence electrons. The maximum absolute atomic E-state index is 13.1. The highest BCUT2D eigenvalue weighted by Crippen LogP contribution is 2.34. The van der Waals surface area contributed by atoms with Crippen molar-refractivity contribution in [1.82, 2.24) is 0 Å². The average molecular weight is 345 g/mol. The Kier molecular flexibility index (Phi) is 4.09. The van der Waals surface area contributed by atoms with E-state index in [1.807, 2.05) is 13.0 Å². The zero-order chi connectivity index (χ0) is 17.5. The maximum Gasteiger partial charge on any atom is 0.264 e. The predicted molar refractivity (Wildman–Crippen MR) is 92.4 cm³/mol. The number of sulfonamides is 1. The number of fused-ring (bicyclic) bond motifs is 1. The van der Waals surface area contributed by atoms with Gasteiger partial charge in [0.25, 0.3) is 10.0 Å². The minimum Gasteiger partial charge on any atom is -0.497 e. The number of ether oxygens (including phenoxy) is 1. The highest BCUT2D eigenvalue weighted by molar-refractivity contribution is 7.92. The molecule has 0 N–H and O–H groups in total. The number of hydrogen-bond donors (Lipinski definition) is 0. The molecule has 0 radical (unpaired) electrons. The van der Waals surface area contributed by atoms with Gasteiger partial charge in [-0.25, -0.2) is 8.42 Å². The Morgan fingerprint density at radius 3 is 2.50 bits per heavy atom. The summed E-state index contributed by atoms with van der Waals surface area (Å²) in [6, 6.07) is 10.1. The van der Waals surface area contributed by atoms with Gasteiger partial charge >= 0.3 is 0 Å². The molecule has 2 aromatic rings. The molecule has 3 rings (SSSR count). The number of rotatable bonds is 3. The Balaban J connectivity index is 2.12. The number of hydrogen-bond acceptors (Lipinski definition) is 4. The van der Waals surface area contributed by atoms with Crippen molar-refractivity contribution in [3.63, 3.8) is 0 Å². The van der Waals surface area contributed by atoms with Crippen LogP contribution < -0.4 is 9.04 Å². The molecule has 0 unspecified atom stereocenters. The van der Waals surface area contributed by atoms with E-state index in [2.05, 4.69) is 0 Å². The van der Waals surface area contributed by atoms with E-state index in [9.17, 15) is 13.2 Å². The number of aryl methyl sites for hydroxylation is 2. The third-order valence-electron chi connectivity index (χ3n) is 4.21. The molecule has 0 bridgehead atoms. The van der Waals surface area contributed by atoms with Crippen LogP contribution in [0.4, 0.5) is 5.69 Å². The van der Waals surface area contributed by atoms with E-state index in [0.29, 0.717) is 22.6 Å². The summed E-state index contributed by atoms with van der Waals surface area (Å²) in [5, 5.41) is 0. The lowest BCUT2D eigenvalue weighted by Crippen LogP contribution is -2.37. The monoisotopic (exact) mass is 345 g/mol. The highest BCUT2D eigenvalue weighted by atomic mass is 32.2. The fraction of sp³-hybridized carbons (Fsp3) is 0.278.